The van der Waals surface area contributed by atoms with Crippen LogP contribution in [0.5, 0.6) is 0 Å². The van der Waals surface area contributed by atoms with E-state index in [9.17, 15) is 4.79 Å². The Morgan fingerprint density at radius 2 is 1.87 bits per heavy atom. The molecule has 4 heterocycles. The van der Waals surface area contributed by atoms with Gasteiger partial charge in [0.2, 0.25) is 5.91 Å². The standard InChI is InChI=1S/C25H32N4O2/c1-18-22-9-10-23(30)29(16-19-6-3-2-4-7-19)25(22)27-24(26-18)20-8-5-13-28(17-20)21-11-14-31-15-12-21/h2-4,6-7,20-21H,5,8-17H2,1H3. The second-order valence-corrected chi connectivity index (χ2v) is 9.11. The summed E-state index contributed by atoms with van der Waals surface area (Å²) in [4.78, 5) is 27.4. The van der Waals surface area contributed by atoms with Crippen LogP contribution in [0, 0.1) is 6.92 Å². The number of hydrogen-bond acceptors (Lipinski definition) is 5. The molecule has 3 aliphatic rings. The lowest BCUT2D eigenvalue weighted by atomic mass is 9.93. The number of carbonyl (C=O) groups excluding carboxylic acids is 1. The minimum atomic E-state index is 0.160. The van der Waals surface area contributed by atoms with Gasteiger partial charge in [0.15, 0.2) is 0 Å². The fourth-order valence-electron chi connectivity index (χ4n) is 5.31. The van der Waals surface area contributed by atoms with Gasteiger partial charge in [-0.25, -0.2) is 9.97 Å². The number of nitrogens with zero attached hydrogens (tertiary/aromatic N) is 4. The van der Waals surface area contributed by atoms with Gasteiger partial charge in [0.25, 0.3) is 0 Å². The lowest BCUT2D eigenvalue weighted by Crippen LogP contribution is -2.45. The molecule has 0 radical (unpaired) electrons. The maximum Gasteiger partial charge on any atom is 0.228 e. The first-order valence-electron chi connectivity index (χ1n) is 11.7. The molecule has 6 nitrogen and oxygen atoms in total. The van der Waals surface area contributed by atoms with Crippen molar-refractivity contribution in [3.63, 3.8) is 0 Å². The molecule has 2 saturated heterocycles. The second-order valence-electron chi connectivity index (χ2n) is 9.11. The molecule has 0 bridgehead atoms. The molecule has 1 amide bonds. The van der Waals surface area contributed by atoms with Crippen LogP contribution in [0.4, 0.5) is 5.82 Å². The number of hydrogen-bond donors (Lipinski definition) is 0. The van der Waals surface area contributed by atoms with Crippen molar-refractivity contribution in [1.29, 1.82) is 0 Å². The van der Waals surface area contributed by atoms with Crippen molar-refractivity contribution in [2.75, 3.05) is 31.2 Å². The molecule has 31 heavy (non-hydrogen) atoms. The van der Waals surface area contributed by atoms with Crippen LogP contribution in [0.25, 0.3) is 0 Å². The summed E-state index contributed by atoms with van der Waals surface area (Å²) >= 11 is 0. The maximum atomic E-state index is 12.9. The van der Waals surface area contributed by atoms with Gasteiger partial charge in [-0.1, -0.05) is 30.3 Å². The van der Waals surface area contributed by atoms with Gasteiger partial charge in [-0.05, 0) is 51.1 Å². The highest BCUT2D eigenvalue weighted by Crippen LogP contribution is 2.34. The van der Waals surface area contributed by atoms with Crippen LogP contribution in [0.1, 0.15) is 60.7 Å². The zero-order valence-corrected chi connectivity index (χ0v) is 18.4. The molecular weight excluding hydrogens is 388 g/mol. The third-order valence-corrected chi connectivity index (χ3v) is 7.06. The molecule has 5 rings (SSSR count). The molecule has 1 unspecified atom stereocenters. The van der Waals surface area contributed by atoms with Crippen molar-refractivity contribution < 1.29 is 9.53 Å². The number of fused-ring (bicyclic) bond motifs is 1. The SMILES string of the molecule is Cc1nc(C2CCCN(C3CCOCC3)C2)nc2c1CCC(=O)N2Cc1ccccc1. The fraction of sp³-hybridized carbons (Fsp3) is 0.560. The Balaban J connectivity index is 1.42. The smallest absolute Gasteiger partial charge is 0.228 e. The Morgan fingerprint density at radius 1 is 1.06 bits per heavy atom. The van der Waals surface area contributed by atoms with Gasteiger partial charge in [0, 0.05) is 49.4 Å². The highest BCUT2D eigenvalue weighted by Gasteiger charge is 2.32. The van der Waals surface area contributed by atoms with Gasteiger partial charge in [0.05, 0.1) is 6.54 Å². The summed E-state index contributed by atoms with van der Waals surface area (Å²) in [5.74, 6) is 2.25. The van der Waals surface area contributed by atoms with Crippen LogP contribution in [0.2, 0.25) is 0 Å². The summed E-state index contributed by atoms with van der Waals surface area (Å²) in [5.41, 5.74) is 3.30. The number of benzene rings is 1. The summed E-state index contributed by atoms with van der Waals surface area (Å²) in [7, 11) is 0. The molecule has 1 aromatic carbocycles. The molecule has 1 atom stereocenters. The monoisotopic (exact) mass is 420 g/mol. The van der Waals surface area contributed by atoms with Crippen LogP contribution < -0.4 is 4.90 Å². The summed E-state index contributed by atoms with van der Waals surface area (Å²) in [6, 6.07) is 10.8. The van der Waals surface area contributed by atoms with Crippen molar-refractivity contribution in [1.82, 2.24) is 14.9 Å². The van der Waals surface area contributed by atoms with Gasteiger partial charge in [0.1, 0.15) is 11.6 Å². The average Bonchev–Trinajstić information content (AvgIpc) is 2.82. The highest BCUT2D eigenvalue weighted by molar-refractivity contribution is 5.95. The lowest BCUT2D eigenvalue weighted by molar-refractivity contribution is -0.119. The van der Waals surface area contributed by atoms with Gasteiger partial charge in [-0.2, -0.15) is 0 Å². The Bertz CT molecular complexity index is 927. The highest BCUT2D eigenvalue weighted by atomic mass is 16.5. The first kappa shape index (κ1) is 20.6. The van der Waals surface area contributed by atoms with Gasteiger partial charge in [-0.15, -0.1) is 0 Å². The van der Waals surface area contributed by atoms with E-state index in [2.05, 4.69) is 24.0 Å². The summed E-state index contributed by atoms with van der Waals surface area (Å²) in [6.45, 7) is 6.56. The fourth-order valence-corrected chi connectivity index (χ4v) is 5.31. The molecule has 2 fully saturated rings. The van der Waals surface area contributed by atoms with Crippen molar-refractivity contribution in [2.24, 2.45) is 0 Å². The number of aryl methyl sites for hydroxylation is 1. The lowest BCUT2D eigenvalue weighted by Gasteiger charge is -2.39. The Hall–Kier alpha value is -2.31. The number of likely N-dealkylation sites (tertiary alicyclic amines) is 1. The number of carbonyl (C=O) groups is 1. The largest absolute Gasteiger partial charge is 0.381 e. The second kappa shape index (κ2) is 9.05. The Labute approximate surface area is 184 Å². The molecule has 0 N–H and O–H groups in total. The van der Waals surface area contributed by atoms with Crippen LogP contribution >= 0.6 is 0 Å². The third kappa shape index (κ3) is 4.37. The Kier molecular flexibility index (Phi) is 6.01. The van der Waals surface area contributed by atoms with E-state index in [0.717, 1.165) is 80.4 Å². The minimum Gasteiger partial charge on any atom is -0.381 e. The number of rotatable bonds is 4. The van der Waals surface area contributed by atoms with E-state index in [1.807, 2.05) is 23.1 Å². The number of aromatic nitrogens is 2. The summed E-state index contributed by atoms with van der Waals surface area (Å²) < 4.78 is 5.56. The van der Waals surface area contributed by atoms with Gasteiger partial charge < -0.3 is 4.74 Å². The van der Waals surface area contributed by atoms with Crippen molar-refractivity contribution >= 4 is 11.7 Å². The summed E-state index contributed by atoms with van der Waals surface area (Å²) in [5, 5.41) is 0. The predicted octanol–water partition coefficient (Wildman–Crippen LogP) is 3.62. The average molecular weight is 421 g/mol. The van der Waals surface area contributed by atoms with Crippen LogP contribution in [0.15, 0.2) is 30.3 Å². The van der Waals surface area contributed by atoms with E-state index in [0.29, 0.717) is 24.9 Å². The predicted molar refractivity (Wildman–Crippen MR) is 120 cm³/mol. The first-order valence-corrected chi connectivity index (χ1v) is 11.7. The van der Waals surface area contributed by atoms with Crippen LogP contribution in [-0.4, -0.2) is 53.1 Å². The zero-order chi connectivity index (χ0) is 21.2. The first-order chi connectivity index (χ1) is 15.2. The van der Waals surface area contributed by atoms with E-state index in [1.165, 1.54) is 6.42 Å². The van der Waals surface area contributed by atoms with Crippen LogP contribution in [0.3, 0.4) is 0 Å². The zero-order valence-electron chi connectivity index (χ0n) is 18.4. The van der Waals surface area contributed by atoms with E-state index in [-0.39, 0.29) is 5.91 Å². The van der Waals surface area contributed by atoms with E-state index in [1.54, 1.807) is 0 Å². The quantitative estimate of drug-likeness (QED) is 0.756. The molecule has 0 spiro atoms. The van der Waals surface area contributed by atoms with Crippen molar-refractivity contribution in [3.05, 3.63) is 53.0 Å². The summed E-state index contributed by atoms with van der Waals surface area (Å²) in [6.07, 6.45) is 5.81. The van der Waals surface area contributed by atoms with Gasteiger partial charge in [-0.3, -0.25) is 14.6 Å². The number of amides is 1. The maximum absolute atomic E-state index is 12.9. The molecule has 1 aromatic heterocycles. The molecule has 2 aromatic rings. The third-order valence-electron chi connectivity index (χ3n) is 7.06. The minimum absolute atomic E-state index is 0.160. The Morgan fingerprint density at radius 3 is 2.68 bits per heavy atom. The molecule has 164 valence electrons. The number of ether oxygens (including phenoxy) is 1. The molecule has 0 aliphatic carbocycles. The van der Waals surface area contributed by atoms with Crippen LogP contribution in [-0.2, 0) is 22.5 Å². The molecule has 0 saturated carbocycles. The topological polar surface area (TPSA) is 58.6 Å². The normalized spacial score (nSPS) is 23.1. The molecule has 3 aliphatic heterocycles. The van der Waals surface area contributed by atoms with E-state index >= 15 is 0 Å². The number of anilines is 1. The van der Waals surface area contributed by atoms with E-state index in [4.69, 9.17) is 14.7 Å². The van der Waals surface area contributed by atoms with Gasteiger partial charge >= 0.3 is 0 Å². The molecular formula is C25H32N4O2. The number of piperidine rings is 1. The molecule has 6 heteroatoms. The van der Waals surface area contributed by atoms with Crippen molar-refractivity contribution in [3.8, 4) is 0 Å². The van der Waals surface area contributed by atoms with E-state index < -0.39 is 0 Å². The van der Waals surface area contributed by atoms with Crippen molar-refractivity contribution in [2.45, 2.75) is 64.0 Å².